The average molecular weight is 349 g/mol. The van der Waals surface area contributed by atoms with Crippen LogP contribution in [0.15, 0.2) is 47.3 Å². The summed E-state index contributed by atoms with van der Waals surface area (Å²) in [4.78, 5) is 22.4. The summed E-state index contributed by atoms with van der Waals surface area (Å²) < 4.78 is 5.20. The second kappa shape index (κ2) is 6.48. The number of fused-ring (bicyclic) bond motifs is 2. The molecule has 0 bridgehead atoms. The van der Waals surface area contributed by atoms with Crippen LogP contribution in [0.3, 0.4) is 0 Å². The topological polar surface area (TPSA) is 58.2 Å². The monoisotopic (exact) mass is 349 g/mol. The van der Waals surface area contributed by atoms with E-state index in [0.717, 1.165) is 6.54 Å². The van der Waals surface area contributed by atoms with E-state index in [-0.39, 0.29) is 5.56 Å². The van der Waals surface area contributed by atoms with Crippen molar-refractivity contribution in [1.29, 1.82) is 0 Å². The molecule has 0 spiro atoms. The number of rotatable bonds is 4. The van der Waals surface area contributed by atoms with Crippen LogP contribution in [0.25, 0.3) is 10.9 Å². The van der Waals surface area contributed by atoms with Gasteiger partial charge in [0.25, 0.3) is 5.56 Å². The number of nitrogens with one attached hydrogen (secondary N) is 1. The number of hydrogen-bond acceptors (Lipinski definition) is 4. The van der Waals surface area contributed by atoms with Gasteiger partial charge < -0.3 is 14.6 Å². The van der Waals surface area contributed by atoms with Crippen molar-refractivity contribution in [2.75, 3.05) is 18.6 Å². The maximum atomic E-state index is 12.5. The fourth-order valence-electron chi connectivity index (χ4n) is 3.79. The Kier molecular flexibility index (Phi) is 4.15. The van der Waals surface area contributed by atoms with E-state index < -0.39 is 0 Å². The van der Waals surface area contributed by atoms with Gasteiger partial charge in [-0.2, -0.15) is 0 Å². The third-order valence-corrected chi connectivity index (χ3v) is 5.20. The first kappa shape index (κ1) is 16.6. The Morgan fingerprint density at radius 2 is 2.08 bits per heavy atom. The maximum Gasteiger partial charge on any atom is 0.258 e. The van der Waals surface area contributed by atoms with Crippen LogP contribution in [0.1, 0.15) is 31.2 Å². The minimum atomic E-state index is -0.128. The van der Waals surface area contributed by atoms with E-state index in [1.54, 1.807) is 13.2 Å². The van der Waals surface area contributed by atoms with Crippen molar-refractivity contribution in [3.05, 3.63) is 64.2 Å². The van der Waals surface area contributed by atoms with Crippen molar-refractivity contribution >= 4 is 16.6 Å². The smallest absolute Gasteiger partial charge is 0.258 e. The minimum absolute atomic E-state index is 0.128. The SMILES string of the molecule is COc1ccc2nc(CN3C[C@@H](C(C)C)c4ccccc43)[nH]c(=O)c2c1. The molecule has 1 N–H and O–H groups in total. The van der Waals surface area contributed by atoms with Gasteiger partial charge in [0.05, 0.1) is 24.6 Å². The molecular weight excluding hydrogens is 326 g/mol. The molecule has 2 heterocycles. The molecule has 134 valence electrons. The molecule has 2 aromatic carbocycles. The number of hydrogen-bond donors (Lipinski definition) is 1. The highest BCUT2D eigenvalue weighted by Gasteiger charge is 2.30. The number of para-hydroxylation sites is 1. The van der Waals surface area contributed by atoms with Crippen molar-refractivity contribution in [3.63, 3.8) is 0 Å². The predicted molar refractivity (Wildman–Crippen MR) is 104 cm³/mol. The molecule has 26 heavy (non-hydrogen) atoms. The Labute approximate surface area is 152 Å². The number of aromatic amines is 1. The fraction of sp³-hybridized carbons (Fsp3) is 0.333. The molecule has 0 saturated carbocycles. The summed E-state index contributed by atoms with van der Waals surface area (Å²) in [6.45, 7) is 6.06. The van der Waals surface area contributed by atoms with E-state index >= 15 is 0 Å². The van der Waals surface area contributed by atoms with E-state index in [0.29, 0.717) is 40.9 Å². The van der Waals surface area contributed by atoms with Gasteiger partial charge in [-0.1, -0.05) is 32.0 Å². The maximum absolute atomic E-state index is 12.5. The molecule has 1 aliphatic heterocycles. The highest BCUT2D eigenvalue weighted by atomic mass is 16.5. The number of nitrogens with zero attached hydrogens (tertiary/aromatic N) is 2. The number of benzene rings is 2. The highest BCUT2D eigenvalue weighted by molar-refractivity contribution is 5.79. The van der Waals surface area contributed by atoms with Gasteiger partial charge in [0, 0.05) is 18.2 Å². The zero-order chi connectivity index (χ0) is 18.3. The van der Waals surface area contributed by atoms with Crippen LogP contribution in [0, 0.1) is 5.92 Å². The van der Waals surface area contributed by atoms with E-state index in [9.17, 15) is 4.79 Å². The Balaban J connectivity index is 1.69. The average Bonchev–Trinajstić information content (AvgIpc) is 3.00. The minimum Gasteiger partial charge on any atom is -0.497 e. The second-order valence-electron chi connectivity index (χ2n) is 7.19. The van der Waals surface area contributed by atoms with E-state index in [4.69, 9.17) is 4.74 Å². The fourth-order valence-corrected chi connectivity index (χ4v) is 3.79. The Morgan fingerprint density at radius 1 is 1.27 bits per heavy atom. The summed E-state index contributed by atoms with van der Waals surface area (Å²) >= 11 is 0. The molecule has 0 radical (unpaired) electrons. The molecular formula is C21H23N3O2. The summed E-state index contributed by atoms with van der Waals surface area (Å²) in [6.07, 6.45) is 0. The molecule has 0 amide bonds. The van der Waals surface area contributed by atoms with E-state index in [1.807, 2.05) is 12.1 Å². The molecule has 5 nitrogen and oxygen atoms in total. The quantitative estimate of drug-likeness (QED) is 0.780. The van der Waals surface area contributed by atoms with Gasteiger partial charge in [-0.25, -0.2) is 4.98 Å². The molecule has 0 unspecified atom stereocenters. The van der Waals surface area contributed by atoms with Crippen molar-refractivity contribution in [2.45, 2.75) is 26.3 Å². The second-order valence-corrected chi connectivity index (χ2v) is 7.19. The number of H-pyrrole nitrogens is 1. The lowest BCUT2D eigenvalue weighted by Crippen LogP contribution is -2.25. The van der Waals surface area contributed by atoms with Crippen molar-refractivity contribution in [3.8, 4) is 5.75 Å². The van der Waals surface area contributed by atoms with E-state index in [1.165, 1.54) is 11.3 Å². The van der Waals surface area contributed by atoms with Gasteiger partial charge in [-0.15, -0.1) is 0 Å². The summed E-state index contributed by atoms with van der Waals surface area (Å²) in [6, 6.07) is 13.9. The van der Waals surface area contributed by atoms with Gasteiger partial charge >= 0.3 is 0 Å². The Morgan fingerprint density at radius 3 is 2.85 bits per heavy atom. The van der Waals surface area contributed by atoms with Crippen LogP contribution >= 0.6 is 0 Å². The van der Waals surface area contributed by atoms with E-state index in [2.05, 4.69) is 53.0 Å². The first-order valence-electron chi connectivity index (χ1n) is 8.97. The zero-order valence-electron chi connectivity index (χ0n) is 15.3. The molecule has 0 aliphatic carbocycles. The Hall–Kier alpha value is -2.82. The summed E-state index contributed by atoms with van der Waals surface area (Å²) in [7, 11) is 1.59. The largest absolute Gasteiger partial charge is 0.497 e. The van der Waals surface area contributed by atoms with Crippen LogP contribution < -0.4 is 15.2 Å². The lowest BCUT2D eigenvalue weighted by atomic mass is 9.90. The molecule has 1 atom stereocenters. The van der Waals surface area contributed by atoms with Crippen LogP contribution in [0.5, 0.6) is 5.75 Å². The molecule has 0 fully saturated rings. The van der Waals surface area contributed by atoms with Gasteiger partial charge in [0.1, 0.15) is 11.6 Å². The molecule has 1 aliphatic rings. The molecule has 3 aromatic rings. The van der Waals surface area contributed by atoms with Crippen LogP contribution in [-0.2, 0) is 6.54 Å². The van der Waals surface area contributed by atoms with Gasteiger partial charge in [-0.05, 0) is 35.7 Å². The van der Waals surface area contributed by atoms with Gasteiger partial charge in [0.2, 0.25) is 0 Å². The third kappa shape index (κ3) is 2.83. The lowest BCUT2D eigenvalue weighted by Gasteiger charge is -2.20. The normalized spacial score (nSPS) is 16.3. The Bertz CT molecular complexity index is 1010. The third-order valence-electron chi connectivity index (χ3n) is 5.20. The van der Waals surface area contributed by atoms with Crippen LogP contribution in [0.4, 0.5) is 5.69 Å². The number of methoxy groups -OCH3 is 1. The zero-order valence-corrected chi connectivity index (χ0v) is 15.3. The molecule has 4 rings (SSSR count). The number of ether oxygens (including phenoxy) is 1. The first-order valence-corrected chi connectivity index (χ1v) is 8.97. The predicted octanol–water partition coefficient (Wildman–Crippen LogP) is 3.69. The summed E-state index contributed by atoms with van der Waals surface area (Å²) in [5, 5.41) is 0.551. The highest BCUT2D eigenvalue weighted by Crippen LogP contribution is 2.40. The van der Waals surface area contributed by atoms with Crippen molar-refractivity contribution < 1.29 is 4.74 Å². The number of aromatic nitrogens is 2. The van der Waals surface area contributed by atoms with Crippen molar-refractivity contribution in [2.24, 2.45) is 5.92 Å². The van der Waals surface area contributed by atoms with Crippen LogP contribution in [0.2, 0.25) is 0 Å². The van der Waals surface area contributed by atoms with Gasteiger partial charge in [0.15, 0.2) is 0 Å². The molecule has 1 aromatic heterocycles. The number of anilines is 1. The molecule has 0 saturated heterocycles. The van der Waals surface area contributed by atoms with Crippen LogP contribution in [-0.4, -0.2) is 23.6 Å². The van der Waals surface area contributed by atoms with Crippen molar-refractivity contribution in [1.82, 2.24) is 9.97 Å². The molecule has 5 heteroatoms. The lowest BCUT2D eigenvalue weighted by molar-refractivity contribution is 0.415. The standard InChI is InChI=1S/C21H23N3O2/c1-13(2)17-11-24(19-7-5-4-6-15(17)19)12-20-22-18-9-8-14(26-3)10-16(18)21(25)23-20/h4-10,13,17H,11-12H2,1-3H3,(H,22,23,25)/t17-/m0/s1. The first-order chi connectivity index (χ1) is 12.6. The summed E-state index contributed by atoms with van der Waals surface area (Å²) in [5.74, 6) is 2.41. The summed E-state index contributed by atoms with van der Waals surface area (Å²) in [5.41, 5.74) is 3.19. The van der Waals surface area contributed by atoms with Gasteiger partial charge in [-0.3, -0.25) is 4.79 Å².